The molecule has 1 aliphatic rings. The summed E-state index contributed by atoms with van der Waals surface area (Å²) in [5.41, 5.74) is 2.29. The number of likely N-dealkylation sites (N-methyl/N-ethyl adjacent to an activating group) is 1. The molecule has 16 heavy (non-hydrogen) atoms. The van der Waals surface area contributed by atoms with Gasteiger partial charge in [0.2, 0.25) is 5.91 Å². The Kier molecular flexibility index (Phi) is 2.53. The van der Waals surface area contributed by atoms with Gasteiger partial charge >= 0.3 is 0 Å². The van der Waals surface area contributed by atoms with E-state index in [1.54, 1.807) is 18.2 Å². The number of hydrogen-bond acceptors (Lipinski definition) is 3. The second-order valence-corrected chi connectivity index (χ2v) is 3.87. The summed E-state index contributed by atoms with van der Waals surface area (Å²) in [5.74, 6) is 0.0159. The van der Waals surface area contributed by atoms with Gasteiger partial charge in [0.05, 0.1) is 23.0 Å². The number of anilines is 2. The number of nitriles is 1. The average molecular weight is 215 g/mol. The first kappa shape index (κ1) is 10.5. The highest BCUT2D eigenvalue weighted by molar-refractivity contribution is 6.03. The molecule has 82 valence electrons. The lowest BCUT2D eigenvalue weighted by Gasteiger charge is -2.34. The fourth-order valence-electron chi connectivity index (χ4n) is 2.02. The molecule has 1 atom stereocenters. The molecule has 1 heterocycles. The Balaban J connectivity index is 2.48. The minimum atomic E-state index is -0.151. The molecule has 2 rings (SSSR count). The summed E-state index contributed by atoms with van der Waals surface area (Å²) in [5, 5.41) is 11.7. The van der Waals surface area contributed by atoms with E-state index >= 15 is 0 Å². The molecule has 1 amide bonds. The van der Waals surface area contributed by atoms with Crippen molar-refractivity contribution in [3.63, 3.8) is 0 Å². The molecule has 0 saturated heterocycles. The van der Waals surface area contributed by atoms with E-state index in [1.807, 2.05) is 18.9 Å². The Morgan fingerprint density at radius 3 is 2.94 bits per heavy atom. The van der Waals surface area contributed by atoms with Gasteiger partial charge in [-0.15, -0.1) is 0 Å². The summed E-state index contributed by atoms with van der Waals surface area (Å²) in [7, 11) is 1.88. The highest BCUT2D eigenvalue weighted by Crippen LogP contribution is 2.32. The summed E-state index contributed by atoms with van der Waals surface area (Å²) in [6.45, 7) is 1.97. The number of carbonyl (C=O) groups excluding carboxylic acids is 1. The lowest BCUT2D eigenvalue weighted by atomic mass is 10.1. The molecule has 4 heteroatoms. The van der Waals surface area contributed by atoms with Crippen molar-refractivity contribution in [2.24, 2.45) is 0 Å². The van der Waals surface area contributed by atoms with Crippen LogP contribution in [0, 0.1) is 11.3 Å². The molecular formula is C12H13N3O. The monoisotopic (exact) mass is 215 g/mol. The van der Waals surface area contributed by atoms with Gasteiger partial charge in [-0.1, -0.05) is 6.92 Å². The van der Waals surface area contributed by atoms with E-state index in [1.165, 1.54) is 0 Å². The Labute approximate surface area is 94.5 Å². The quantitative estimate of drug-likeness (QED) is 0.776. The number of carbonyl (C=O) groups is 1. The molecule has 0 bridgehead atoms. The van der Waals surface area contributed by atoms with E-state index < -0.39 is 0 Å². The van der Waals surface area contributed by atoms with Crippen LogP contribution in [0.5, 0.6) is 0 Å². The predicted octanol–water partition coefficient (Wildman–Crippen LogP) is 1.73. The topological polar surface area (TPSA) is 56.1 Å². The fraction of sp³-hybridized carbons (Fsp3) is 0.333. The fourth-order valence-corrected chi connectivity index (χ4v) is 2.02. The number of rotatable bonds is 1. The molecule has 0 saturated carbocycles. The van der Waals surface area contributed by atoms with Crippen molar-refractivity contribution in [3.8, 4) is 6.07 Å². The summed E-state index contributed by atoms with van der Waals surface area (Å²) in [4.78, 5) is 13.7. The number of hydrogen-bond donors (Lipinski definition) is 1. The maximum absolute atomic E-state index is 11.7. The zero-order chi connectivity index (χ0) is 11.7. The third-order valence-corrected chi connectivity index (χ3v) is 2.92. The highest BCUT2D eigenvalue weighted by atomic mass is 16.2. The van der Waals surface area contributed by atoms with E-state index in [9.17, 15) is 4.79 Å². The van der Waals surface area contributed by atoms with E-state index in [0.29, 0.717) is 5.56 Å². The summed E-state index contributed by atoms with van der Waals surface area (Å²) in [6, 6.07) is 7.23. The molecular weight excluding hydrogens is 202 g/mol. The Hall–Kier alpha value is -2.02. The second-order valence-electron chi connectivity index (χ2n) is 3.87. The Bertz CT molecular complexity index is 476. The summed E-state index contributed by atoms with van der Waals surface area (Å²) >= 11 is 0. The van der Waals surface area contributed by atoms with Crippen molar-refractivity contribution in [2.45, 2.75) is 19.4 Å². The van der Waals surface area contributed by atoms with Crippen LogP contribution < -0.4 is 10.2 Å². The first-order valence-corrected chi connectivity index (χ1v) is 5.25. The van der Waals surface area contributed by atoms with Gasteiger partial charge < -0.3 is 10.2 Å². The van der Waals surface area contributed by atoms with E-state index in [2.05, 4.69) is 11.4 Å². The van der Waals surface area contributed by atoms with Gasteiger partial charge in [-0.3, -0.25) is 4.79 Å². The predicted molar refractivity (Wildman–Crippen MR) is 62.3 cm³/mol. The third-order valence-electron chi connectivity index (χ3n) is 2.92. The molecule has 0 fully saturated rings. The molecule has 1 N–H and O–H groups in total. The number of fused-ring (bicyclic) bond motifs is 1. The van der Waals surface area contributed by atoms with Gasteiger partial charge in [-0.25, -0.2) is 0 Å². The first-order chi connectivity index (χ1) is 7.67. The van der Waals surface area contributed by atoms with Gasteiger partial charge in [0.15, 0.2) is 0 Å². The van der Waals surface area contributed by atoms with E-state index in [0.717, 1.165) is 17.8 Å². The lowest BCUT2D eigenvalue weighted by molar-refractivity contribution is -0.117. The largest absolute Gasteiger partial charge is 0.361 e. The van der Waals surface area contributed by atoms with Crippen LogP contribution in [0.4, 0.5) is 11.4 Å². The number of amides is 1. The van der Waals surface area contributed by atoms with Crippen molar-refractivity contribution < 1.29 is 4.79 Å². The normalized spacial score (nSPS) is 18.7. The van der Waals surface area contributed by atoms with Crippen LogP contribution in [-0.4, -0.2) is 19.0 Å². The first-order valence-electron chi connectivity index (χ1n) is 5.25. The van der Waals surface area contributed by atoms with Gasteiger partial charge in [-0.2, -0.15) is 5.26 Å². The maximum atomic E-state index is 11.7. The highest BCUT2D eigenvalue weighted by Gasteiger charge is 2.28. The number of nitrogens with zero attached hydrogens (tertiary/aromatic N) is 2. The Morgan fingerprint density at radius 1 is 1.56 bits per heavy atom. The molecule has 4 nitrogen and oxygen atoms in total. The van der Waals surface area contributed by atoms with E-state index in [4.69, 9.17) is 5.26 Å². The molecule has 0 radical (unpaired) electrons. The third kappa shape index (κ3) is 1.50. The van der Waals surface area contributed by atoms with Gasteiger partial charge in [0.1, 0.15) is 6.04 Å². The van der Waals surface area contributed by atoms with Crippen molar-refractivity contribution in [2.75, 3.05) is 17.3 Å². The smallest absolute Gasteiger partial charge is 0.247 e. The van der Waals surface area contributed by atoms with Crippen LogP contribution in [0.15, 0.2) is 18.2 Å². The average Bonchev–Trinajstić information content (AvgIpc) is 2.29. The molecule has 1 unspecified atom stereocenters. The minimum absolute atomic E-state index is 0.0159. The van der Waals surface area contributed by atoms with Gasteiger partial charge in [0.25, 0.3) is 0 Å². The summed E-state index contributed by atoms with van der Waals surface area (Å²) in [6.07, 6.45) is 0.749. The van der Waals surface area contributed by atoms with Crippen LogP contribution in [0.1, 0.15) is 18.9 Å². The van der Waals surface area contributed by atoms with Crippen molar-refractivity contribution in [1.29, 1.82) is 5.26 Å². The van der Waals surface area contributed by atoms with Gasteiger partial charge in [-0.05, 0) is 24.6 Å². The van der Waals surface area contributed by atoms with Crippen LogP contribution in [0.2, 0.25) is 0 Å². The molecule has 0 spiro atoms. The van der Waals surface area contributed by atoms with Gasteiger partial charge in [0, 0.05) is 7.05 Å². The molecule has 0 aliphatic carbocycles. The molecule has 1 aliphatic heterocycles. The van der Waals surface area contributed by atoms with Crippen molar-refractivity contribution in [1.82, 2.24) is 0 Å². The minimum Gasteiger partial charge on any atom is -0.361 e. The number of benzene rings is 1. The van der Waals surface area contributed by atoms with Crippen LogP contribution >= 0.6 is 0 Å². The van der Waals surface area contributed by atoms with E-state index in [-0.39, 0.29) is 11.9 Å². The molecule has 1 aromatic rings. The maximum Gasteiger partial charge on any atom is 0.247 e. The van der Waals surface area contributed by atoms with Crippen molar-refractivity contribution >= 4 is 17.3 Å². The Morgan fingerprint density at radius 2 is 2.31 bits per heavy atom. The molecule has 0 aromatic heterocycles. The standard InChI is InChI=1S/C12H13N3O/c1-3-10-12(16)14-9-5-4-8(7-13)6-11(9)15(10)2/h4-6,10H,3H2,1-2H3,(H,14,16). The second kappa shape index (κ2) is 3.86. The number of nitrogens with one attached hydrogen (secondary N) is 1. The van der Waals surface area contributed by atoms with Crippen LogP contribution in [0.3, 0.4) is 0 Å². The zero-order valence-electron chi connectivity index (χ0n) is 9.32. The lowest BCUT2D eigenvalue weighted by Crippen LogP contribution is -2.45. The zero-order valence-corrected chi connectivity index (χ0v) is 9.32. The molecule has 1 aromatic carbocycles. The van der Waals surface area contributed by atoms with Crippen LogP contribution in [0.25, 0.3) is 0 Å². The van der Waals surface area contributed by atoms with Crippen molar-refractivity contribution in [3.05, 3.63) is 23.8 Å². The SMILES string of the molecule is CCC1C(=O)Nc2ccc(C#N)cc2N1C. The van der Waals surface area contributed by atoms with Crippen LogP contribution in [-0.2, 0) is 4.79 Å². The summed E-state index contributed by atoms with van der Waals surface area (Å²) < 4.78 is 0.